The summed E-state index contributed by atoms with van der Waals surface area (Å²) in [6.07, 6.45) is -2.53. The van der Waals surface area contributed by atoms with Gasteiger partial charge in [-0.25, -0.2) is 9.37 Å². The molecule has 0 bridgehead atoms. The Morgan fingerprint density at radius 3 is 2.57 bits per heavy atom. The molecule has 1 aromatic carbocycles. The molecule has 196 valence electrons. The predicted octanol–water partition coefficient (Wildman–Crippen LogP) is 2.17. The van der Waals surface area contributed by atoms with Gasteiger partial charge < -0.3 is 19.5 Å². The van der Waals surface area contributed by atoms with E-state index in [1.807, 2.05) is 6.07 Å². The number of carbonyl (C=O) groups excluding carboxylic acids is 3. The zero-order valence-corrected chi connectivity index (χ0v) is 20.7. The van der Waals surface area contributed by atoms with Gasteiger partial charge in [-0.05, 0) is 12.5 Å². The Labute approximate surface area is 211 Å². The Hall–Kier alpha value is -4.13. The van der Waals surface area contributed by atoms with Crippen molar-refractivity contribution >= 4 is 40.8 Å². The third-order valence-corrected chi connectivity index (χ3v) is 5.77. The standard InChI is InChI=1S/C24H27FN6O6/c1-13(32)28-23-29-20(26-4)18-21(30-23)31(12-27-18)22-24(3,25)19(36-14(2)33)16(37-22)11-35-17(34)10-15-8-6-5-7-9-15/h5-9,12,16,19,22H,10-11H2,1-4H3,(H2,26,28,29,30,32)/t16-,19-,22?,24?/m1/s1. The number of rotatable bonds is 8. The zero-order chi connectivity index (χ0) is 26.7. The topological polar surface area (TPSA) is 147 Å². The molecule has 4 atom stereocenters. The Morgan fingerprint density at radius 1 is 1.19 bits per heavy atom. The number of aromatic nitrogens is 4. The van der Waals surface area contributed by atoms with Crippen molar-refractivity contribution in [1.82, 2.24) is 19.5 Å². The van der Waals surface area contributed by atoms with Crippen LogP contribution in [0.3, 0.4) is 0 Å². The van der Waals surface area contributed by atoms with Crippen molar-refractivity contribution in [2.45, 2.75) is 51.3 Å². The van der Waals surface area contributed by atoms with Crippen LogP contribution in [0, 0.1) is 0 Å². The molecule has 0 spiro atoms. The van der Waals surface area contributed by atoms with Crippen LogP contribution in [0.4, 0.5) is 16.2 Å². The molecule has 0 aliphatic carbocycles. The van der Waals surface area contributed by atoms with Gasteiger partial charge in [0.15, 0.2) is 35.0 Å². The van der Waals surface area contributed by atoms with E-state index in [4.69, 9.17) is 14.2 Å². The highest BCUT2D eigenvalue weighted by atomic mass is 19.1. The minimum absolute atomic E-state index is 0.0178. The van der Waals surface area contributed by atoms with Crippen LogP contribution >= 0.6 is 0 Å². The van der Waals surface area contributed by atoms with E-state index in [0.717, 1.165) is 12.5 Å². The van der Waals surface area contributed by atoms with Crippen LogP contribution in [-0.2, 0) is 35.0 Å². The van der Waals surface area contributed by atoms with Gasteiger partial charge in [-0.1, -0.05) is 30.3 Å². The normalized spacial score (nSPS) is 23.0. The first kappa shape index (κ1) is 25.9. The van der Waals surface area contributed by atoms with Crippen molar-refractivity contribution in [2.24, 2.45) is 0 Å². The number of nitrogens with zero attached hydrogens (tertiary/aromatic N) is 4. The van der Waals surface area contributed by atoms with Crippen LogP contribution in [0.2, 0.25) is 0 Å². The van der Waals surface area contributed by atoms with E-state index in [1.54, 1.807) is 31.3 Å². The third kappa shape index (κ3) is 5.50. The summed E-state index contributed by atoms with van der Waals surface area (Å²) in [4.78, 5) is 48.5. The average molecular weight is 515 g/mol. The summed E-state index contributed by atoms with van der Waals surface area (Å²) in [5.74, 6) is -1.38. The molecule has 12 nitrogen and oxygen atoms in total. The number of imidazole rings is 1. The lowest BCUT2D eigenvalue weighted by Gasteiger charge is -2.27. The lowest BCUT2D eigenvalue weighted by Crippen LogP contribution is -2.44. The van der Waals surface area contributed by atoms with E-state index in [2.05, 4.69) is 25.6 Å². The first-order valence-electron chi connectivity index (χ1n) is 11.5. The first-order chi connectivity index (χ1) is 17.6. The number of anilines is 2. The minimum atomic E-state index is -2.27. The Bertz CT molecular complexity index is 1310. The minimum Gasteiger partial charge on any atom is -0.463 e. The van der Waals surface area contributed by atoms with Crippen LogP contribution in [0.15, 0.2) is 36.7 Å². The highest BCUT2D eigenvalue weighted by Crippen LogP contribution is 2.44. The Kier molecular flexibility index (Phi) is 7.34. The number of benzene rings is 1. The largest absolute Gasteiger partial charge is 0.463 e. The summed E-state index contributed by atoms with van der Waals surface area (Å²) in [5.41, 5.74) is -1.04. The number of ether oxygens (including phenoxy) is 3. The lowest BCUT2D eigenvalue weighted by atomic mass is 9.98. The molecule has 0 radical (unpaired) electrons. The second-order valence-corrected chi connectivity index (χ2v) is 8.70. The number of halogens is 1. The Morgan fingerprint density at radius 2 is 1.92 bits per heavy atom. The molecular weight excluding hydrogens is 487 g/mol. The number of amides is 1. The van der Waals surface area contributed by atoms with Crippen LogP contribution in [-0.4, -0.2) is 68.9 Å². The number of nitrogens with one attached hydrogen (secondary N) is 2. The van der Waals surface area contributed by atoms with Gasteiger partial charge in [-0.3, -0.25) is 24.3 Å². The maximum atomic E-state index is 16.3. The van der Waals surface area contributed by atoms with Crippen molar-refractivity contribution in [2.75, 3.05) is 24.3 Å². The highest BCUT2D eigenvalue weighted by molar-refractivity contribution is 5.90. The van der Waals surface area contributed by atoms with E-state index in [0.29, 0.717) is 11.3 Å². The van der Waals surface area contributed by atoms with E-state index >= 15 is 4.39 Å². The van der Waals surface area contributed by atoms with E-state index in [9.17, 15) is 14.4 Å². The van der Waals surface area contributed by atoms with Gasteiger partial charge in [0.1, 0.15) is 12.7 Å². The maximum Gasteiger partial charge on any atom is 0.310 e. The monoisotopic (exact) mass is 514 g/mol. The summed E-state index contributed by atoms with van der Waals surface area (Å²) in [7, 11) is 1.61. The molecule has 1 aliphatic rings. The summed E-state index contributed by atoms with van der Waals surface area (Å²) in [5, 5.41) is 5.36. The van der Waals surface area contributed by atoms with E-state index < -0.39 is 42.0 Å². The molecule has 37 heavy (non-hydrogen) atoms. The van der Waals surface area contributed by atoms with Crippen molar-refractivity contribution in [3.8, 4) is 0 Å². The van der Waals surface area contributed by atoms with Gasteiger partial charge in [0, 0.05) is 20.9 Å². The lowest BCUT2D eigenvalue weighted by molar-refractivity contribution is -0.159. The molecule has 13 heteroatoms. The first-order valence-corrected chi connectivity index (χ1v) is 11.5. The Balaban J connectivity index is 1.62. The molecular formula is C24H27FN6O6. The number of hydrogen-bond donors (Lipinski definition) is 2. The number of fused-ring (bicyclic) bond motifs is 1. The molecule has 2 N–H and O–H groups in total. The van der Waals surface area contributed by atoms with Crippen LogP contribution in [0.25, 0.3) is 11.2 Å². The van der Waals surface area contributed by atoms with Crippen molar-refractivity contribution in [3.63, 3.8) is 0 Å². The van der Waals surface area contributed by atoms with Gasteiger partial charge in [0.05, 0.1) is 12.7 Å². The summed E-state index contributed by atoms with van der Waals surface area (Å²) >= 11 is 0. The fraction of sp³-hybridized carbons (Fsp3) is 0.417. The number of hydrogen-bond acceptors (Lipinski definition) is 10. The van der Waals surface area contributed by atoms with E-state index in [-0.39, 0.29) is 24.6 Å². The predicted molar refractivity (Wildman–Crippen MR) is 129 cm³/mol. The summed E-state index contributed by atoms with van der Waals surface area (Å²) in [6.45, 7) is 3.33. The summed E-state index contributed by atoms with van der Waals surface area (Å²) < 4.78 is 34.2. The molecule has 3 heterocycles. The van der Waals surface area contributed by atoms with Crippen molar-refractivity contribution < 1.29 is 33.0 Å². The molecule has 0 saturated carbocycles. The molecule has 1 fully saturated rings. The molecule has 1 saturated heterocycles. The zero-order valence-electron chi connectivity index (χ0n) is 20.7. The molecule has 1 amide bonds. The smallest absolute Gasteiger partial charge is 0.310 e. The molecule has 4 rings (SSSR count). The summed E-state index contributed by atoms with van der Waals surface area (Å²) in [6, 6.07) is 8.99. The van der Waals surface area contributed by atoms with Gasteiger partial charge >= 0.3 is 11.9 Å². The van der Waals surface area contributed by atoms with Gasteiger partial charge in [0.2, 0.25) is 11.9 Å². The highest BCUT2D eigenvalue weighted by Gasteiger charge is 2.58. The SMILES string of the molecule is CNc1nc(NC(C)=O)nc2c1ncn2C1O[C@H](COC(=O)Cc2ccccc2)[C@@H](OC(C)=O)C1(C)F. The van der Waals surface area contributed by atoms with E-state index in [1.165, 1.54) is 24.7 Å². The average Bonchev–Trinajstić information content (AvgIpc) is 3.35. The maximum absolute atomic E-state index is 16.3. The van der Waals surface area contributed by atoms with Gasteiger partial charge in [0.25, 0.3) is 0 Å². The quantitative estimate of drug-likeness (QED) is 0.429. The van der Waals surface area contributed by atoms with Crippen molar-refractivity contribution in [1.29, 1.82) is 0 Å². The van der Waals surface area contributed by atoms with Gasteiger partial charge in [-0.15, -0.1) is 0 Å². The molecule has 2 unspecified atom stereocenters. The van der Waals surface area contributed by atoms with Crippen LogP contribution in [0.1, 0.15) is 32.6 Å². The number of esters is 2. The van der Waals surface area contributed by atoms with Crippen molar-refractivity contribution in [3.05, 3.63) is 42.2 Å². The van der Waals surface area contributed by atoms with Gasteiger partial charge in [-0.2, -0.15) is 9.97 Å². The molecule has 1 aliphatic heterocycles. The van der Waals surface area contributed by atoms with Crippen LogP contribution < -0.4 is 10.6 Å². The second kappa shape index (κ2) is 10.5. The third-order valence-electron chi connectivity index (χ3n) is 5.77. The fourth-order valence-electron chi connectivity index (χ4n) is 4.17. The number of carbonyl (C=O) groups is 3. The fourth-order valence-corrected chi connectivity index (χ4v) is 4.17. The van der Waals surface area contributed by atoms with Crippen LogP contribution in [0.5, 0.6) is 0 Å². The second-order valence-electron chi connectivity index (χ2n) is 8.70. The molecule has 3 aromatic rings. The molecule has 2 aromatic heterocycles. The number of alkyl halides is 1.